The maximum Gasteiger partial charge on any atom is 0.277 e. The third kappa shape index (κ3) is 6.33. The highest BCUT2D eigenvalue weighted by atomic mass is 16.5. The molecule has 2 amide bonds. The average molecular weight is 407 g/mol. The van der Waals surface area contributed by atoms with E-state index in [1.807, 2.05) is 41.0 Å². The molecule has 1 N–H and O–H groups in total. The molecule has 0 unspecified atom stereocenters. The van der Waals surface area contributed by atoms with Gasteiger partial charge in [-0.3, -0.25) is 9.59 Å². The number of carbonyl (C=O) groups excluding carboxylic acids is 2. The van der Waals surface area contributed by atoms with Crippen LogP contribution in [-0.4, -0.2) is 93.9 Å². The van der Waals surface area contributed by atoms with E-state index in [0.717, 1.165) is 19.5 Å². The van der Waals surface area contributed by atoms with Crippen LogP contribution < -0.4 is 14.4 Å². The van der Waals surface area contributed by atoms with E-state index in [2.05, 4.69) is 0 Å². The molecule has 8 heteroatoms. The summed E-state index contributed by atoms with van der Waals surface area (Å²) in [7, 11) is 0. The molecule has 2 heterocycles. The number of carbonyl (C=O) groups is 2. The summed E-state index contributed by atoms with van der Waals surface area (Å²) in [6.45, 7) is 8.57. The Kier molecular flexibility index (Phi) is 8.13. The van der Waals surface area contributed by atoms with Crippen molar-refractivity contribution in [2.75, 3.05) is 72.2 Å². The molecule has 2 aliphatic rings. The normalized spacial score (nSPS) is 17.8. The number of ether oxygens (including phenoxy) is 3. The summed E-state index contributed by atoms with van der Waals surface area (Å²) >= 11 is 0. The van der Waals surface area contributed by atoms with Crippen molar-refractivity contribution in [1.29, 1.82) is 0 Å². The molecular weight excluding hydrogens is 374 g/mol. The van der Waals surface area contributed by atoms with Crippen LogP contribution in [0.1, 0.15) is 13.3 Å². The second-order valence-corrected chi connectivity index (χ2v) is 7.38. The molecule has 0 bridgehead atoms. The first-order valence-electron chi connectivity index (χ1n) is 10.5. The molecule has 2 saturated heterocycles. The van der Waals surface area contributed by atoms with Gasteiger partial charge in [-0.2, -0.15) is 0 Å². The van der Waals surface area contributed by atoms with E-state index in [1.165, 1.54) is 4.90 Å². The second kappa shape index (κ2) is 11.0. The van der Waals surface area contributed by atoms with Crippen LogP contribution in [0.5, 0.6) is 11.5 Å². The molecule has 8 nitrogen and oxygen atoms in total. The van der Waals surface area contributed by atoms with Crippen LogP contribution in [0.4, 0.5) is 0 Å². The molecular formula is C21H32N3O5+. The molecule has 2 fully saturated rings. The lowest BCUT2D eigenvalue weighted by molar-refractivity contribution is -0.896. The van der Waals surface area contributed by atoms with Gasteiger partial charge in [0.15, 0.2) is 24.7 Å². The summed E-state index contributed by atoms with van der Waals surface area (Å²) in [4.78, 5) is 29.8. The Bertz CT molecular complexity index is 670. The van der Waals surface area contributed by atoms with Crippen molar-refractivity contribution in [3.8, 4) is 11.5 Å². The van der Waals surface area contributed by atoms with Crippen molar-refractivity contribution in [3.05, 3.63) is 24.3 Å². The molecule has 2 aliphatic heterocycles. The topological polar surface area (TPSA) is 72.8 Å². The Labute approximate surface area is 172 Å². The van der Waals surface area contributed by atoms with E-state index in [1.54, 1.807) is 0 Å². The van der Waals surface area contributed by atoms with Gasteiger partial charge in [-0.1, -0.05) is 19.1 Å². The summed E-state index contributed by atoms with van der Waals surface area (Å²) < 4.78 is 16.7. The molecule has 0 saturated carbocycles. The van der Waals surface area contributed by atoms with Crippen molar-refractivity contribution in [2.45, 2.75) is 13.3 Å². The fraction of sp³-hybridized carbons (Fsp3) is 0.619. The Morgan fingerprint density at radius 1 is 0.966 bits per heavy atom. The zero-order chi connectivity index (χ0) is 20.5. The predicted octanol–water partition coefficient (Wildman–Crippen LogP) is -0.560. The quantitative estimate of drug-likeness (QED) is 0.627. The highest BCUT2D eigenvalue weighted by molar-refractivity contribution is 5.78. The van der Waals surface area contributed by atoms with Crippen LogP contribution in [0.15, 0.2) is 24.3 Å². The van der Waals surface area contributed by atoms with E-state index >= 15 is 0 Å². The largest absolute Gasteiger partial charge is 0.490 e. The van der Waals surface area contributed by atoms with Gasteiger partial charge in [0, 0.05) is 13.1 Å². The first-order chi connectivity index (χ1) is 14.2. The average Bonchev–Trinajstić information content (AvgIpc) is 2.77. The predicted molar refractivity (Wildman–Crippen MR) is 107 cm³/mol. The molecule has 0 aromatic heterocycles. The SMILES string of the molecule is CCCOc1ccccc1OCC(=O)N1CC[NH+](CC(=O)N2CCOCC2)CC1. The lowest BCUT2D eigenvalue weighted by Crippen LogP contribution is -3.15. The Balaban J connectivity index is 1.40. The molecule has 1 aromatic carbocycles. The number of nitrogens with one attached hydrogen (secondary N) is 1. The summed E-state index contributed by atoms with van der Waals surface area (Å²) in [6, 6.07) is 7.42. The van der Waals surface area contributed by atoms with Crippen LogP contribution in [-0.2, 0) is 14.3 Å². The first kappa shape index (κ1) is 21.4. The smallest absolute Gasteiger partial charge is 0.277 e. The molecule has 160 valence electrons. The van der Waals surface area contributed by atoms with Crippen molar-refractivity contribution < 1.29 is 28.7 Å². The van der Waals surface area contributed by atoms with E-state index in [9.17, 15) is 9.59 Å². The summed E-state index contributed by atoms with van der Waals surface area (Å²) in [5.74, 6) is 1.40. The lowest BCUT2D eigenvalue weighted by Gasteiger charge is -2.33. The van der Waals surface area contributed by atoms with Crippen LogP contribution in [0.25, 0.3) is 0 Å². The highest BCUT2D eigenvalue weighted by Gasteiger charge is 2.27. The van der Waals surface area contributed by atoms with Crippen molar-refractivity contribution in [2.24, 2.45) is 0 Å². The summed E-state index contributed by atoms with van der Waals surface area (Å²) in [6.07, 6.45) is 0.911. The van der Waals surface area contributed by atoms with Gasteiger partial charge in [-0.15, -0.1) is 0 Å². The van der Waals surface area contributed by atoms with Crippen LogP contribution in [0, 0.1) is 0 Å². The van der Waals surface area contributed by atoms with Crippen molar-refractivity contribution in [1.82, 2.24) is 9.80 Å². The molecule has 1 aromatic rings. The molecule has 0 radical (unpaired) electrons. The van der Waals surface area contributed by atoms with E-state index in [0.29, 0.717) is 64.0 Å². The molecule has 0 atom stereocenters. The minimum Gasteiger partial charge on any atom is -0.490 e. The van der Waals surface area contributed by atoms with Gasteiger partial charge in [0.1, 0.15) is 0 Å². The summed E-state index contributed by atoms with van der Waals surface area (Å²) in [5, 5.41) is 0. The zero-order valence-corrected chi connectivity index (χ0v) is 17.2. The van der Waals surface area contributed by atoms with E-state index < -0.39 is 0 Å². The number of amides is 2. The third-order valence-electron chi connectivity index (χ3n) is 5.25. The third-order valence-corrected chi connectivity index (χ3v) is 5.25. The molecule has 0 aliphatic carbocycles. The molecule has 29 heavy (non-hydrogen) atoms. The number of para-hydroxylation sites is 2. The fourth-order valence-electron chi connectivity index (χ4n) is 3.52. The first-order valence-corrected chi connectivity index (χ1v) is 10.5. The minimum atomic E-state index is -0.0335. The maximum atomic E-state index is 12.5. The summed E-state index contributed by atoms with van der Waals surface area (Å²) in [5.41, 5.74) is 0. The number of rotatable bonds is 8. The fourth-order valence-corrected chi connectivity index (χ4v) is 3.52. The Morgan fingerprint density at radius 2 is 1.59 bits per heavy atom. The van der Waals surface area contributed by atoms with Gasteiger partial charge < -0.3 is 28.9 Å². The van der Waals surface area contributed by atoms with Gasteiger partial charge in [0.25, 0.3) is 11.8 Å². The highest BCUT2D eigenvalue weighted by Crippen LogP contribution is 2.26. The lowest BCUT2D eigenvalue weighted by atomic mass is 10.3. The minimum absolute atomic E-state index is 0.00542. The van der Waals surface area contributed by atoms with Gasteiger partial charge in [0.05, 0.1) is 46.0 Å². The van der Waals surface area contributed by atoms with Gasteiger partial charge in [-0.25, -0.2) is 0 Å². The maximum absolute atomic E-state index is 12.5. The van der Waals surface area contributed by atoms with Crippen LogP contribution in [0.2, 0.25) is 0 Å². The molecule has 3 rings (SSSR count). The Hall–Kier alpha value is -2.32. The Morgan fingerprint density at radius 3 is 2.24 bits per heavy atom. The monoisotopic (exact) mass is 406 g/mol. The van der Waals surface area contributed by atoms with Gasteiger partial charge in [0.2, 0.25) is 0 Å². The number of nitrogens with zero attached hydrogens (tertiary/aromatic N) is 2. The zero-order valence-electron chi connectivity index (χ0n) is 17.2. The number of benzene rings is 1. The van der Waals surface area contributed by atoms with Crippen molar-refractivity contribution in [3.63, 3.8) is 0 Å². The van der Waals surface area contributed by atoms with Crippen LogP contribution in [0.3, 0.4) is 0 Å². The number of morpholine rings is 1. The number of quaternary nitrogens is 1. The van der Waals surface area contributed by atoms with Crippen LogP contribution >= 0.6 is 0 Å². The van der Waals surface area contributed by atoms with E-state index in [-0.39, 0.29) is 18.4 Å². The van der Waals surface area contributed by atoms with Gasteiger partial charge >= 0.3 is 0 Å². The van der Waals surface area contributed by atoms with Crippen molar-refractivity contribution >= 4 is 11.8 Å². The number of hydrogen-bond acceptors (Lipinski definition) is 5. The standard InChI is InChI=1S/C21H31N3O5/c1-2-13-28-18-5-3-4-6-19(18)29-17-21(26)23-9-7-22(8-10-23)16-20(25)24-11-14-27-15-12-24/h3-6H,2,7-17H2,1H3/p+1. The number of hydrogen-bond donors (Lipinski definition) is 1. The van der Waals surface area contributed by atoms with E-state index in [4.69, 9.17) is 14.2 Å². The molecule has 0 spiro atoms. The van der Waals surface area contributed by atoms with Gasteiger partial charge in [-0.05, 0) is 18.6 Å². The second-order valence-electron chi connectivity index (χ2n) is 7.38. The number of piperazine rings is 1.